The van der Waals surface area contributed by atoms with Crippen LogP contribution in [0.1, 0.15) is 36.0 Å². The predicted molar refractivity (Wildman–Crippen MR) is 81.8 cm³/mol. The number of aromatic carboxylic acids is 1. The topological polar surface area (TPSA) is 56.7 Å². The second-order valence-electron chi connectivity index (χ2n) is 6.12. The van der Waals surface area contributed by atoms with E-state index in [-0.39, 0.29) is 0 Å². The minimum absolute atomic E-state index is 0.315. The lowest BCUT2D eigenvalue weighted by molar-refractivity contribution is 0.0697. The molecule has 1 aromatic heterocycles. The fourth-order valence-electron chi connectivity index (χ4n) is 3.47. The van der Waals surface area contributed by atoms with E-state index < -0.39 is 5.97 Å². The average Bonchev–Trinajstić information content (AvgIpc) is 3.01. The Kier molecular flexibility index (Phi) is 4.39. The van der Waals surface area contributed by atoms with Crippen LogP contribution in [0, 0.1) is 5.92 Å². The first kappa shape index (κ1) is 14.3. The Morgan fingerprint density at radius 3 is 2.62 bits per heavy atom. The van der Waals surface area contributed by atoms with Gasteiger partial charge in [-0.3, -0.25) is 0 Å². The summed E-state index contributed by atoms with van der Waals surface area (Å²) in [5.74, 6) is 0.484. The van der Waals surface area contributed by atoms with Crippen LogP contribution in [0.25, 0.3) is 0 Å². The van der Waals surface area contributed by atoms with Gasteiger partial charge in [-0.2, -0.15) is 0 Å². The lowest BCUT2D eigenvalue weighted by Gasteiger charge is -2.35. The van der Waals surface area contributed by atoms with Crippen molar-refractivity contribution in [1.29, 1.82) is 0 Å². The Morgan fingerprint density at radius 1 is 1.24 bits per heavy atom. The third-order valence-corrected chi connectivity index (χ3v) is 4.65. The van der Waals surface area contributed by atoms with Gasteiger partial charge in [-0.15, -0.1) is 0 Å². The molecular formula is C16H23N3O2. The molecule has 2 aliphatic heterocycles. The van der Waals surface area contributed by atoms with Gasteiger partial charge in [0.2, 0.25) is 0 Å². The molecule has 2 saturated heterocycles. The van der Waals surface area contributed by atoms with Gasteiger partial charge in [0.15, 0.2) is 0 Å². The molecule has 0 radical (unpaired) electrons. The van der Waals surface area contributed by atoms with E-state index in [1.807, 2.05) is 0 Å². The standard InChI is InChI=1S/C16H23N3O2/c20-16(21)14-4-3-7-17-15(14)19-10-5-13(6-11-19)12-18-8-1-2-9-18/h3-4,7,13H,1-2,5-6,8-12H2,(H,20,21). The number of pyridine rings is 1. The van der Waals surface area contributed by atoms with Gasteiger partial charge in [0.25, 0.3) is 0 Å². The zero-order valence-corrected chi connectivity index (χ0v) is 12.4. The van der Waals surface area contributed by atoms with Crippen LogP contribution >= 0.6 is 0 Å². The highest BCUT2D eigenvalue weighted by atomic mass is 16.4. The molecule has 114 valence electrons. The quantitative estimate of drug-likeness (QED) is 0.920. The van der Waals surface area contributed by atoms with Crippen LogP contribution in [0.15, 0.2) is 18.3 Å². The minimum atomic E-state index is -0.891. The van der Waals surface area contributed by atoms with Gasteiger partial charge in [-0.1, -0.05) is 0 Å². The van der Waals surface area contributed by atoms with Crippen molar-refractivity contribution in [2.75, 3.05) is 37.6 Å². The summed E-state index contributed by atoms with van der Waals surface area (Å²) in [4.78, 5) is 20.3. The number of carboxylic acid groups (broad SMARTS) is 1. The highest BCUT2D eigenvalue weighted by Crippen LogP contribution is 2.25. The summed E-state index contributed by atoms with van der Waals surface area (Å²) < 4.78 is 0. The Labute approximate surface area is 125 Å². The first-order valence-electron chi connectivity index (χ1n) is 7.89. The minimum Gasteiger partial charge on any atom is -0.478 e. The maximum atomic E-state index is 11.3. The van der Waals surface area contributed by atoms with E-state index in [0.29, 0.717) is 11.4 Å². The molecule has 3 heterocycles. The molecule has 0 bridgehead atoms. The van der Waals surface area contributed by atoms with Crippen molar-refractivity contribution in [3.8, 4) is 0 Å². The van der Waals surface area contributed by atoms with E-state index in [2.05, 4.69) is 14.8 Å². The van der Waals surface area contributed by atoms with Gasteiger partial charge in [0.1, 0.15) is 11.4 Å². The summed E-state index contributed by atoms with van der Waals surface area (Å²) in [6, 6.07) is 3.33. The predicted octanol–water partition coefficient (Wildman–Crippen LogP) is 2.09. The molecule has 2 aliphatic rings. The number of nitrogens with zero attached hydrogens (tertiary/aromatic N) is 3. The molecule has 3 rings (SSSR count). The van der Waals surface area contributed by atoms with Crippen molar-refractivity contribution in [3.05, 3.63) is 23.9 Å². The average molecular weight is 289 g/mol. The molecule has 0 saturated carbocycles. The zero-order valence-electron chi connectivity index (χ0n) is 12.4. The molecule has 2 fully saturated rings. The Bertz CT molecular complexity index is 492. The molecule has 0 unspecified atom stereocenters. The molecule has 0 spiro atoms. The van der Waals surface area contributed by atoms with E-state index in [1.54, 1.807) is 18.3 Å². The molecule has 0 amide bonds. The number of likely N-dealkylation sites (tertiary alicyclic amines) is 1. The van der Waals surface area contributed by atoms with Crippen molar-refractivity contribution < 1.29 is 9.90 Å². The van der Waals surface area contributed by atoms with Crippen molar-refractivity contribution in [2.24, 2.45) is 5.92 Å². The van der Waals surface area contributed by atoms with Crippen LogP contribution in [-0.2, 0) is 0 Å². The van der Waals surface area contributed by atoms with Crippen LogP contribution < -0.4 is 4.90 Å². The normalized spacial score (nSPS) is 20.9. The Hall–Kier alpha value is -1.62. The van der Waals surface area contributed by atoms with Gasteiger partial charge in [-0.25, -0.2) is 9.78 Å². The number of aromatic nitrogens is 1. The fourth-order valence-corrected chi connectivity index (χ4v) is 3.47. The number of anilines is 1. The summed E-state index contributed by atoms with van der Waals surface area (Å²) in [5.41, 5.74) is 0.315. The molecule has 1 aromatic rings. The second-order valence-corrected chi connectivity index (χ2v) is 6.12. The first-order valence-corrected chi connectivity index (χ1v) is 7.89. The van der Waals surface area contributed by atoms with Crippen molar-refractivity contribution in [3.63, 3.8) is 0 Å². The lowest BCUT2D eigenvalue weighted by atomic mass is 9.96. The van der Waals surface area contributed by atoms with Gasteiger partial charge >= 0.3 is 5.97 Å². The summed E-state index contributed by atoms with van der Waals surface area (Å²) in [6.45, 7) is 5.54. The van der Waals surface area contributed by atoms with Crippen LogP contribution in [-0.4, -0.2) is 53.7 Å². The van der Waals surface area contributed by atoms with Crippen molar-refractivity contribution >= 4 is 11.8 Å². The van der Waals surface area contributed by atoms with Gasteiger partial charge in [0.05, 0.1) is 0 Å². The molecule has 5 heteroatoms. The second kappa shape index (κ2) is 6.43. The molecule has 0 aliphatic carbocycles. The third kappa shape index (κ3) is 3.35. The first-order chi connectivity index (χ1) is 10.2. The summed E-state index contributed by atoms with van der Waals surface area (Å²) in [7, 11) is 0. The van der Waals surface area contributed by atoms with Crippen LogP contribution in [0.2, 0.25) is 0 Å². The Balaban J connectivity index is 1.59. The number of hydrogen-bond donors (Lipinski definition) is 1. The molecule has 0 atom stereocenters. The van der Waals surface area contributed by atoms with Crippen LogP contribution in [0.5, 0.6) is 0 Å². The smallest absolute Gasteiger partial charge is 0.339 e. The number of hydrogen-bond acceptors (Lipinski definition) is 4. The summed E-state index contributed by atoms with van der Waals surface area (Å²) in [5, 5.41) is 9.26. The maximum Gasteiger partial charge on any atom is 0.339 e. The van der Waals surface area contributed by atoms with E-state index >= 15 is 0 Å². The molecule has 5 nitrogen and oxygen atoms in total. The molecule has 21 heavy (non-hydrogen) atoms. The summed E-state index contributed by atoms with van der Waals surface area (Å²) in [6.07, 6.45) is 6.62. The zero-order chi connectivity index (χ0) is 14.7. The monoisotopic (exact) mass is 289 g/mol. The summed E-state index contributed by atoms with van der Waals surface area (Å²) >= 11 is 0. The Morgan fingerprint density at radius 2 is 1.95 bits per heavy atom. The van der Waals surface area contributed by atoms with Crippen LogP contribution in [0.4, 0.5) is 5.82 Å². The maximum absolute atomic E-state index is 11.3. The SMILES string of the molecule is O=C(O)c1cccnc1N1CCC(CN2CCCC2)CC1. The van der Waals surface area contributed by atoms with E-state index in [9.17, 15) is 9.90 Å². The van der Waals surface area contributed by atoms with Crippen molar-refractivity contribution in [2.45, 2.75) is 25.7 Å². The largest absolute Gasteiger partial charge is 0.478 e. The van der Waals surface area contributed by atoms with E-state index in [1.165, 1.54) is 32.5 Å². The number of carbonyl (C=O) groups is 1. The number of carboxylic acids is 1. The highest BCUT2D eigenvalue weighted by Gasteiger charge is 2.25. The highest BCUT2D eigenvalue weighted by molar-refractivity contribution is 5.93. The molecular weight excluding hydrogens is 266 g/mol. The third-order valence-electron chi connectivity index (χ3n) is 4.65. The van der Waals surface area contributed by atoms with Gasteiger partial charge < -0.3 is 14.9 Å². The van der Waals surface area contributed by atoms with E-state index in [0.717, 1.165) is 31.8 Å². The van der Waals surface area contributed by atoms with Gasteiger partial charge in [0, 0.05) is 25.8 Å². The lowest BCUT2D eigenvalue weighted by Crippen LogP contribution is -2.39. The van der Waals surface area contributed by atoms with Gasteiger partial charge in [-0.05, 0) is 56.8 Å². The van der Waals surface area contributed by atoms with E-state index in [4.69, 9.17) is 0 Å². The number of piperidine rings is 1. The molecule has 1 N–H and O–H groups in total. The van der Waals surface area contributed by atoms with Crippen LogP contribution in [0.3, 0.4) is 0 Å². The van der Waals surface area contributed by atoms with Crippen molar-refractivity contribution in [1.82, 2.24) is 9.88 Å². The fraction of sp³-hybridized carbons (Fsp3) is 0.625. The number of rotatable bonds is 4. The molecule has 0 aromatic carbocycles.